The van der Waals surface area contributed by atoms with Gasteiger partial charge in [-0.2, -0.15) is 0 Å². The Morgan fingerprint density at radius 3 is 2.73 bits per heavy atom. The van der Waals surface area contributed by atoms with Gasteiger partial charge in [0.05, 0.1) is 19.2 Å². The van der Waals surface area contributed by atoms with E-state index in [1.807, 2.05) is 0 Å². The first-order valence-electron chi connectivity index (χ1n) is 6.20. The van der Waals surface area contributed by atoms with Crippen LogP contribution in [0.25, 0.3) is 0 Å². The Morgan fingerprint density at radius 1 is 1.36 bits per heavy atom. The maximum absolute atomic E-state index is 12.0. The molecule has 0 atom stereocenters. The molecule has 0 aliphatic heterocycles. The Morgan fingerprint density at radius 2 is 2.09 bits per heavy atom. The maximum Gasteiger partial charge on any atom is 0.350 e. The van der Waals surface area contributed by atoms with Gasteiger partial charge in [0.15, 0.2) is 5.13 Å². The number of nitrogens with zero attached hydrogens (tertiary/aromatic N) is 1. The molecule has 116 valence electrons. The number of carbonyl (C=O) groups excluding carboxylic acids is 2. The van der Waals surface area contributed by atoms with Gasteiger partial charge in [-0.15, -0.1) is 0 Å². The Balaban J connectivity index is 2.07. The summed E-state index contributed by atoms with van der Waals surface area (Å²) in [7, 11) is 1.29. The molecule has 0 aliphatic rings. The molecule has 1 N–H and O–H groups in total. The fourth-order valence-corrected chi connectivity index (χ4v) is 3.11. The van der Waals surface area contributed by atoms with Crippen LogP contribution in [0.5, 0.6) is 0 Å². The summed E-state index contributed by atoms with van der Waals surface area (Å²) >= 11 is 12.9. The maximum atomic E-state index is 12.0. The Bertz CT molecular complexity index is 731. The number of esters is 1. The van der Waals surface area contributed by atoms with Gasteiger partial charge in [-0.3, -0.25) is 4.79 Å². The molecule has 8 heteroatoms. The molecule has 0 fully saturated rings. The molecule has 2 aromatic rings. The van der Waals surface area contributed by atoms with Crippen LogP contribution >= 0.6 is 34.5 Å². The molecular formula is C14H12Cl2N2O3S. The van der Waals surface area contributed by atoms with Gasteiger partial charge in [-0.25, -0.2) is 9.78 Å². The first-order valence-corrected chi connectivity index (χ1v) is 7.77. The lowest BCUT2D eigenvalue weighted by atomic mass is 10.1. The second-order valence-corrected chi connectivity index (χ2v) is 6.23. The second-order valence-electron chi connectivity index (χ2n) is 4.39. The molecule has 0 bridgehead atoms. The number of hydrogen-bond acceptors (Lipinski definition) is 5. The van der Waals surface area contributed by atoms with E-state index in [4.69, 9.17) is 23.2 Å². The van der Waals surface area contributed by atoms with E-state index in [-0.39, 0.29) is 12.3 Å². The van der Waals surface area contributed by atoms with E-state index in [1.54, 1.807) is 25.1 Å². The van der Waals surface area contributed by atoms with Gasteiger partial charge < -0.3 is 10.1 Å². The first-order chi connectivity index (χ1) is 10.4. The van der Waals surface area contributed by atoms with Crippen molar-refractivity contribution in [2.75, 3.05) is 12.4 Å². The lowest BCUT2D eigenvalue weighted by Crippen LogP contribution is -2.14. The standard InChI is InChI=1S/C14H12Cl2N2O3S/c1-7-12(13(20)21-2)22-14(17-7)18-11(19)5-8-3-4-9(15)6-10(8)16/h3-4,6H,5H2,1-2H3,(H,17,18,19). The van der Waals surface area contributed by atoms with Crippen LogP contribution in [0, 0.1) is 6.92 Å². The quantitative estimate of drug-likeness (QED) is 0.845. The number of thiazole rings is 1. The van der Waals surface area contributed by atoms with Crippen LogP contribution in [0.1, 0.15) is 20.9 Å². The van der Waals surface area contributed by atoms with Crippen LogP contribution in [-0.2, 0) is 16.0 Å². The van der Waals surface area contributed by atoms with E-state index in [2.05, 4.69) is 15.0 Å². The molecular weight excluding hydrogens is 347 g/mol. The summed E-state index contributed by atoms with van der Waals surface area (Å²) in [5, 5.41) is 3.91. The molecule has 1 amide bonds. The van der Waals surface area contributed by atoms with Crippen molar-refractivity contribution in [2.24, 2.45) is 0 Å². The summed E-state index contributed by atoms with van der Waals surface area (Å²) in [6.45, 7) is 1.68. The van der Waals surface area contributed by atoms with Crippen molar-refractivity contribution < 1.29 is 14.3 Å². The highest BCUT2D eigenvalue weighted by Gasteiger charge is 2.17. The predicted molar refractivity (Wildman–Crippen MR) is 87.0 cm³/mol. The van der Waals surface area contributed by atoms with Crippen molar-refractivity contribution in [1.29, 1.82) is 0 Å². The molecule has 5 nitrogen and oxygen atoms in total. The van der Waals surface area contributed by atoms with Crippen molar-refractivity contribution >= 4 is 51.5 Å². The molecule has 1 aromatic heterocycles. The third-order valence-electron chi connectivity index (χ3n) is 2.78. The number of nitrogens with one attached hydrogen (secondary N) is 1. The van der Waals surface area contributed by atoms with Crippen LogP contribution in [0.15, 0.2) is 18.2 Å². The van der Waals surface area contributed by atoms with Gasteiger partial charge in [-0.05, 0) is 24.6 Å². The lowest BCUT2D eigenvalue weighted by Gasteiger charge is -2.04. The highest BCUT2D eigenvalue weighted by molar-refractivity contribution is 7.17. The van der Waals surface area contributed by atoms with Crippen LogP contribution < -0.4 is 5.32 Å². The molecule has 0 aliphatic carbocycles. The monoisotopic (exact) mass is 358 g/mol. The summed E-state index contributed by atoms with van der Waals surface area (Å²) in [5.74, 6) is -0.759. The number of ether oxygens (including phenoxy) is 1. The molecule has 0 unspecified atom stereocenters. The van der Waals surface area contributed by atoms with Crippen molar-refractivity contribution in [3.63, 3.8) is 0 Å². The molecule has 0 radical (unpaired) electrons. The largest absolute Gasteiger partial charge is 0.465 e. The molecule has 1 aromatic carbocycles. The van der Waals surface area contributed by atoms with Gasteiger partial charge in [0.1, 0.15) is 4.88 Å². The number of aromatic nitrogens is 1. The summed E-state index contributed by atoms with van der Waals surface area (Å²) < 4.78 is 4.65. The summed E-state index contributed by atoms with van der Waals surface area (Å²) in [6, 6.07) is 4.94. The zero-order chi connectivity index (χ0) is 16.3. The molecule has 2 rings (SSSR count). The average Bonchev–Trinajstić information content (AvgIpc) is 2.81. The van der Waals surface area contributed by atoms with E-state index in [1.165, 1.54) is 7.11 Å². The van der Waals surface area contributed by atoms with Gasteiger partial charge >= 0.3 is 5.97 Å². The number of carbonyl (C=O) groups is 2. The number of amides is 1. The smallest absolute Gasteiger partial charge is 0.350 e. The van der Waals surface area contributed by atoms with Gasteiger partial charge in [0, 0.05) is 10.0 Å². The number of methoxy groups -OCH3 is 1. The minimum atomic E-state index is -0.476. The number of anilines is 1. The minimum Gasteiger partial charge on any atom is -0.465 e. The molecule has 0 saturated carbocycles. The molecule has 0 saturated heterocycles. The van der Waals surface area contributed by atoms with E-state index in [0.717, 1.165) is 11.3 Å². The number of halogens is 2. The Hall–Kier alpha value is -1.63. The molecule has 0 spiro atoms. The highest BCUT2D eigenvalue weighted by Crippen LogP contribution is 2.25. The van der Waals surface area contributed by atoms with Gasteiger partial charge in [0.25, 0.3) is 0 Å². The van der Waals surface area contributed by atoms with E-state index in [9.17, 15) is 9.59 Å². The summed E-state index contributed by atoms with van der Waals surface area (Å²) in [6.07, 6.45) is 0.0855. The predicted octanol–water partition coefficient (Wildman–Crippen LogP) is 3.73. The van der Waals surface area contributed by atoms with Crippen molar-refractivity contribution in [2.45, 2.75) is 13.3 Å². The van der Waals surface area contributed by atoms with Crippen LogP contribution in [0.4, 0.5) is 5.13 Å². The molecule has 1 heterocycles. The van der Waals surface area contributed by atoms with Crippen molar-refractivity contribution in [3.05, 3.63) is 44.4 Å². The van der Waals surface area contributed by atoms with E-state index < -0.39 is 5.97 Å². The zero-order valence-electron chi connectivity index (χ0n) is 11.8. The zero-order valence-corrected chi connectivity index (χ0v) is 14.1. The lowest BCUT2D eigenvalue weighted by molar-refractivity contribution is -0.115. The third-order valence-corrected chi connectivity index (χ3v) is 4.42. The second kappa shape index (κ2) is 7.09. The molecule has 22 heavy (non-hydrogen) atoms. The van der Waals surface area contributed by atoms with E-state index in [0.29, 0.717) is 31.3 Å². The van der Waals surface area contributed by atoms with Crippen molar-refractivity contribution in [3.8, 4) is 0 Å². The number of rotatable bonds is 4. The SMILES string of the molecule is COC(=O)c1sc(NC(=O)Cc2ccc(Cl)cc2Cl)nc1C. The Labute approximate surface area is 141 Å². The van der Waals surface area contributed by atoms with Gasteiger partial charge in [0.2, 0.25) is 5.91 Å². The van der Waals surface area contributed by atoms with Crippen LogP contribution in [-0.4, -0.2) is 24.0 Å². The summed E-state index contributed by atoms with van der Waals surface area (Å²) in [4.78, 5) is 28.0. The summed E-state index contributed by atoms with van der Waals surface area (Å²) in [5.41, 5.74) is 1.17. The van der Waals surface area contributed by atoms with Gasteiger partial charge in [-0.1, -0.05) is 40.6 Å². The normalized spacial score (nSPS) is 10.4. The fourth-order valence-electron chi connectivity index (χ4n) is 1.73. The van der Waals surface area contributed by atoms with E-state index >= 15 is 0 Å². The van der Waals surface area contributed by atoms with Crippen molar-refractivity contribution in [1.82, 2.24) is 4.98 Å². The first kappa shape index (κ1) is 16.7. The fraction of sp³-hybridized carbons (Fsp3) is 0.214. The minimum absolute atomic E-state index is 0.0855. The number of aryl methyl sites for hydroxylation is 1. The average molecular weight is 359 g/mol. The third kappa shape index (κ3) is 3.97. The van der Waals surface area contributed by atoms with Crippen LogP contribution in [0.3, 0.4) is 0 Å². The Kier molecular flexibility index (Phi) is 5.39. The van der Waals surface area contributed by atoms with Crippen LogP contribution in [0.2, 0.25) is 10.0 Å². The topological polar surface area (TPSA) is 68.3 Å². The number of hydrogen-bond donors (Lipinski definition) is 1. The number of benzene rings is 1. The highest BCUT2D eigenvalue weighted by atomic mass is 35.5.